The second-order valence-electron chi connectivity index (χ2n) is 3.57. The summed E-state index contributed by atoms with van der Waals surface area (Å²) in [5.74, 6) is 1.01. The number of hydrogen-bond donors (Lipinski definition) is 0. The predicted octanol–water partition coefficient (Wildman–Crippen LogP) is 1.05. The topological polar surface area (TPSA) is 73.8 Å². The highest BCUT2D eigenvalue weighted by Crippen LogP contribution is 2.11. The molecule has 2 heterocycles. The normalized spacial score (nSPS) is 10.7. The Labute approximate surface area is 92.3 Å². The standard InChI is InChI=1S/C10H12N4O2/c1-6-9(5-15)7(2)14(13-6)4-10-12-11-8(3)16-10/h5H,4H2,1-3H3. The van der Waals surface area contributed by atoms with Crippen molar-refractivity contribution in [1.29, 1.82) is 0 Å². The number of hydrogen-bond acceptors (Lipinski definition) is 5. The fourth-order valence-electron chi connectivity index (χ4n) is 1.56. The Bertz CT molecular complexity index is 527. The number of aldehydes is 1. The molecule has 2 aromatic rings. The lowest BCUT2D eigenvalue weighted by Gasteiger charge is -1.99. The molecule has 0 aromatic carbocycles. The molecule has 6 heteroatoms. The van der Waals surface area contributed by atoms with Gasteiger partial charge in [-0.05, 0) is 13.8 Å². The van der Waals surface area contributed by atoms with E-state index >= 15 is 0 Å². The first-order valence-electron chi connectivity index (χ1n) is 4.90. The highest BCUT2D eigenvalue weighted by molar-refractivity contribution is 5.78. The first-order chi connectivity index (χ1) is 7.61. The maximum Gasteiger partial charge on any atom is 0.237 e. The Kier molecular flexibility index (Phi) is 2.55. The lowest BCUT2D eigenvalue weighted by molar-refractivity contribution is 0.112. The van der Waals surface area contributed by atoms with Crippen LogP contribution in [-0.2, 0) is 6.54 Å². The molecular formula is C10H12N4O2. The van der Waals surface area contributed by atoms with E-state index in [-0.39, 0.29) is 0 Å². The molecule has 2 rings (SSSR count). The van der Waals surface area contributed by atoms with E-state index in [1.54, 1.807) is 18.5 Å². The molecule has 0 bridgehead atoms. The van der Waals surface area contributed by atoms with E-state index in [0.717, 1.165) is 12.0 Å². The van der Waals surface area contributed by atoms with Crippen LogP contribution in [0.5, 0.6) is 0 Å². The van der Waals surface area contributed by atoms with Crippen LogP contribution in [0.4, 0.5) is 0 Å². The number of nitrogens with zero attached hydrogens (tertiary/aromatic N) is 4. The minimum Gasteiger partial charge on any atom is -0.424 e. The summed E-state index contributed by atoms with van der Waals surface area (Å²) in [6.07, 6.45) is 0.813. The SMILES string of the molecule is Cc1nnc(Cn2nc(C)c(C=O)c2C)o1. The molecule has 0 aliphatic carbocycles. The van der Waals surface area contributed by atoms with Gasteiger partial charge in [0, 0.05) is 12.6 Å². The smallest absolute Gasteiger partial charge is 0.237 e. The van der Waals surface area contributed by atoms with Gasteiger partial charge in [0.2, 0.25) is 11.8 Å². The van der Waals surface area contributed by atoms with Crippen LogP contribution in [0.25, 0.3) is 0 Å². The van der Waals surface area contributed by atoms with Crippen LogP contribution in [-0.4, -0.2) is 26.3 Å². The Hall–Kier alpha value is -1.98. The fourth-order valence-corrected chi connectivity index (χ4v) is 1.56. The molecule has 16 heavy (non-hydrogen) atoms. The van der Waals surface area contributed by atoms with Crippen molar-refractivity contribution < 1.29 is 9.21 Å². The molecule has 0 saturated heterocycles. The van der Waals surface area contributed by atoms with Crippen molar-refractivity contribution in [3.63, 3.8) is 0 Å². The number of carbonyl (C=O) groups is 1. The minimum absolute atomic E-state index is 0.390. The third kappa shape index (κ3) is 1.73. The monoisotopic (exact) mass is 220 g/mol. The number of aryl methyl sites for hydroxylation is 2. The number of rotatable bonds is 3. The largest absolute Gasteiger partial charge is 0.424 e. The van der Waals surface area contributed by atoms with Crippen molar-refractivity contribution in [2.75, 3.05) is 0 Å². The van der Waals surface area contributed by atoms with E-state index < -0.39 is 0 Å². The first-order valence-corrected chi connectivity index (χ1v) is 4.90. The number of aromatic nitrogens is 4. The summed E-state index contributed by atoms with van der Waals surface area (Å²) in [7, 11) is 0. The van der Waals surface area contributed by atoms with Crippen molar-refractivity contribution in [2.24, 2.45) is 0 Å². The molecule has 6 nitrogen and oxygen atoms in total. The molecule has 0 saturated carbocycles. The zero-order valence-corrected chi connectivity index (χ0v) is 9.39. The van der Waals surface area contributed by atoms with Crippen LogP contribution in [0.15, 0.2) is 4.42 Å². The van der Waals surface area contributed by atoms with Crippen molar-refractivity contribution in [1.82, 2.24) is 20.0 Å². The first kappa shape index (κ1) is 10.5. The molecule has 0 atom stereocenters. The summed E-state index contributed by atoms with van der Waals surface area (Å²) in [4.78, 5) is 10.8. The van der Waals surface area contributed by atoms with Crippen molar-refractivity contribution in [3.8, 4) is 0 Å². The molecule has 0 aliphatic rings. The zero-order valence-electron chi connectivity index (χ0n) is 9.39. The molecule has 0 unspecified atom stereocenters. The second kappa shape index (κ2) is 3.88. The van der Waals surface area contributed by atoms with E-state index in [4.69, 9.17) is 4.42 Å². The Morgan fingerprint density at radius 1 is 1.31 bits per heavy atom. The van der Waals surface area contributed by atoms with Crippen molar-refractivity contribution in [3.05, 3.63) is 28.7 Å². The van der Waals surface area contributed by atoms with Crippen LogP contribution < -0.4 is 0 Å². The number of carbonyl (C=O) groups excluding carboxylic acids is 1. The van der Waals surface area contributed by atoms with E-state index in [1.807, 2.05) is 6.92 Å². The summed E-state index contributed by atoms with van der Waals surface area (Å²) in [6, 6.07) is 0. The van der Waals surface area contributed by atoms with Crippen molar-refractivity contribution in [2.45, 2.75) is 27.3 Å². The fraction of sp³-hybridized carbons (Fsp3) is 0.400. The van der Waals surface area contributed by atoms with Crippen molar-refractivity contribution >= 4 is 6.29 Å². The van der Waals surface area contributed by atoms with Crippen LogP contribution in [0, 0.1) is 20.8 Å². The van der Waals surface area contributed by atoms with E-state index in [0.29, 0.717) is 29.6 Å². The highest BCUT2D eigenvalue weighted by atomic mass is 16.4. The third-order valence-electron chi connectivity index (χ3n) is 2.41. The second-order valence-corrected chi connectivity index (χ2v) is 3.57. The minimum atomic E-state index is 0.390. The summed E-state index contributed by atoms with van der Waals surface area (Å²) in [5.41, 5.74) is 2.14. The summed E-state index contributed by atoms with van der Waals surface area (Å²) in [5, 5.41) is 11.9. The van der Waals surface area contributed by atoms with Gasteiger partial charge in [-0.15, -0.1) is 10.2 Å². The summed E-state index contributed by atoms with van der Waals surface area (Å²) in [6.45, 7) is 5.76. The van der Waals surface area contributed by atoms with E-state index in [2.05, 4.69) is 15.3 Å². The van der Waals surface area contributed by atoms with Gasteiger partial charge in [-0.2, -0.15) is 5.10 Å². The Morgan fingerprint density at radius 2 is 2.06 bits per heavy atom. The van der Waals surface area contributed by atoms with E-state index in [9.17, 15) is 4.79 Å². The third-order valence-corrected chi connectivity index (χ3v) is 2.41. The van der Waals surface area contributed by atoms with Gasteiger partial charge in [-0.3, -0.25) is 9.48 Å². The zero-order chi connectivity index (χ0) is 11.7. The van der Waals surface area contributed by atoms with Crippen LogP contribution in [0.3, 0.4) is 0 Å². The van der Waals surface area contributed by atoms with Crippen LogP contribution >= 0.6 is 0 Å². The van der Waals surface area contributed by atoms with Gasteiger partial charge in [-0.1, -0.05) is 0 Å². The average molecular weight is 220 g/mol. The lowest BCUT2D eigenvalue weighted by Crippen LogP contribution is -2.04. The molecule has 0 amide bonds. The quantitative estimate of drug-likeness (QED) is 0.723. The van der Waals surface area contributed by atoms with Gasteiger partial charge in [0.25, 0.3) is 0 Å². The molecular weight excluding hydrogens is 208 g/mol. The summed E-state index contributed by atoms with van der Waals surface area (Å²) >= 11 is 0. The molecule has 2 aromatic heterocycles. The van der Waals surface area contributed by atoms with Gasteiger partial charge < -0.3 is 4.42 Å². The highest BCUT2D eigenvalue weighted by Gasteiger charge is 2.12. The van der Waals surface area contributed by atoms with Crippen LogP contribution in [0.1, 0.15) is 33.5 Å². The maximum absolute atomic E-state index is 10.8. The maximum atomic E-state index is 10.8. The van der Waals surface area contributed by atoms with Gasteiger partial charge in [-0.25, -0.2) is 0 Å². The molecule has 0 aliphatic heterocycles. The molecule has 84 valence electrons. The predicted molar refractivity (Wildman–Crippen MR) is 55.2 cm³/mol. The lowest BCUT2D eigenvalue weighted by atomic mass is 10.2. The van der Waals surface area contributed by atoms with Gasteiger partial charge in [0.15, 0.2) is 6.29 Å². The summed E-state index contributed by atoms with van der Waals surface area (Å²) < 4.78 is 6.94. The Morgan fingerprint density at radius 3 is 2.56 bits per heavy atom. The Balaban J connectivity index is 2.31. The van der Waals surface area contributed by atoms with Gasteiger partial charge in [0.1, 0.15) is 6.54 Å². The van der Waals surface area contributed by atoms with Gasteiger partial charge in [0.05, 0.1) is 11.3 Å². The molecule has 0 fully saturated rings. The van der Waals surface area contributed by atoms with E-state index in [1.165, 1.54) is 0 Å². The molecule has 0 spiro atoms. The van der Waals surface area contributed by atoms with Gasteiger partial charge >= 0.3 is 0 Å². The average Bonchev–Trinajstić information content (AvgIpc) is 2.74. The molecule has 0 N–H and O–H groups in total. The van der Waals surface area contributed by atoms with Crippen LogP contribution in [0.2, 0.25) is 0 Å². The molecule has 0 radical (unpaired) electrons.